The quantitative estimate of drug-likeness (QED) is 0.174. The van der Waals surface area contributed by atoms with Crippen molar-refractivity contribution in [2.75, 3.05) is 9.80 Å². The van der Waals surface area contributed by atoms with Crippen molar-refractivity contribution in [2.24, 2.45) is 0 Å². The number of rotatable bonds is 9. The molecule has 0 spiro atoms. The summed E-state index contributed by atoms with van der Waals surface area (Å²) in [7, 11) is 0. The summed E-state index contributed by atoms with van der Waals surface area (Å²) in [5, 5.41) is 0. The largest absolute Gasteiger partial charge is 0.311 e. The van der Waals surface area contributed by atoms with Gasteiger partial charge in [-0.15, -0.1) is 0 Å². The summed E-state index contributed by atoms with van der Waals surface area (Å²) in [5.41, 5.74) is 13.4. The normalized spacial score (nSPS) is 10.9. The van der Waals surface area contributed by atoms with Gasteiger partial charge in [0.2, 0.25) is 0 Å². The van der Waals surface area contributed by atoms with Gasteiger partial charge in [0.15, 0.2) is 0 Å². The Kier molecular flexibility index (Phi) is 8.38. The monoisotopic (exact) mass is 558 g/mol. The molecule has 0 aliphatic carbocycles. The van der Waals surface area contributed by atoms with Crippen LogP contribution >= 0.6 is 0 Å². The second kappa shape index (κ2) is 12.8. The minimum Gasteiger partial charge on any atom is -0.311 e. The average molecular weight is 559 g/mol. The summed E-state index contributed by atoms with van der Waals surface area (Å²) in [6.45, 7) is 6.39. The van der Waals surface area contributed by atoms with Gasteiger partial charge in [-0.3, -0.25) is 0 Å². The minimum absolute atomic E-state index is 0.995. The molecule has 0 aliphatic rings. The predicted octanol–water partition coefficient (Wildman–Crippen LogP) is 11.3. The first-order valence-corrected chi connectivity index (χ1v) is 15.1. The minimum atomic E-state index is 0.995. The molecule has 0 N–H and O–H groups in total. The highest BCUT2D eigenvalue weighted by atomic mass is 15.1. The van der Waals surface area contributed by atoms with Crippen molar-refractivity contribution in [1.29, 1.82) is 0 Å². The fourth-order valence-electron chi connectivity index (χ4n) is 5.47. The van der Waals surface area contributed by atoms with Crippen molar-refractivity contribution in [3.05, 3.63) is 179 Å². The van der Waals surface area contributed by atoms with Gasteiger partial charge in [-0.1, -0.05) is 95.6 Å². The van der Waals surface area contributed by atoms with Crippen LogP contribution in [0.25, 0.3) is 0 Å². The van der Waals surface area contributed by atoms with Gasteiger partial charge in [0.05, 0.1) is 0 Å². The maximum atomic E-state index is 2.33. The zero-order valence-corrected chi connectivity index (χ0v) is 25.2. The summed E-state index contributed by atoms with van der Waals surface area (Å²) in [6, 6.07) is 54.9. The molecule has 43 heavy (non-hydrogen) atoms. The van der Waals surface area contributed by atoms with Gasteiger partial charge < -0.3 is 9.80 Å². The number of hydrogen-bond acceptors (Lipinski definition) is 2. The van der Waals surface area contributed by atoms with E-state index in [2.05, 4.69) is 182 Å². The van der Waals surface area contributed by atoms with E-state index in [4.69, 9.17) is 0 Å². The Balaban J connectivity index is 1.18. The first-order valence-electron chi connectivity index (χ1n) is 15.1. The van der Waals surface area contributed by atoms with E-state index in [1.807, 2.05) is 0 Å². The molecule has 212 valence electrons. The highest BCUT2D eigenvalue weighted by Gasteiger charge is 2.14. The fourth-order valence-corrected chi connectivity index (χ4v) is 5.47. The molecule has 0 atom stereocenters. The molecule has 0 radical (unpaired) electrons. The second-order valence-electron chi connectivity index (χ2n) is 11.3. The Bertz CT molecular complexity index is 1690. The van der Waals surface area contributed by atoms with Crippen molar-refractivity contribution in [3.63, 3.8) is 0 Å². The average Bonchev–Trinajstić information content (AvgIpc) is 3.05. The number of nitrogens with zero attached hydrogens (tertiary/aromatic N) is 2. The zero-order valence-electron chi connectivity index (χ0n) is 25.2. The highest BCUT2D eigenvalue weighted by Crippen LogP contribution is 2.36. The van der Waals surface area contributed by atoms with Crippen LogP contribution in [0.5, 0.6) is 0 Å². The Morgan fingerprint density at radius 1 is 0.302 bits per heavy atom. The Morgan fingerprint density at radius 3 is 0.860 bits per heavy atom. The first kappa shape index (κ1) is 28.1. The third-order valence-electron chi connectivity index (χ3n) is 7.98. The standard InChI is InChI=1S/C41H38N2/c1-31-9-21-37(22-10-31)42(36-7-5-4-6-8-36)40-27-17-34(18-28-40)15-16-35-19-29-41(30-20-35)43(38-23-11-32(2)12-24-38)39-25-13-33(3)14-26-39/h4-14,17-30H,15-16H2,1-3H3. The van der Waals surface area contributed by atoms with Crippen molar-refractivity contribution in [2.45, 2.75) is 33.6 Å². The molecule has 0 saturated carbocycles. The lowest BCUT2D eigenvalue weighted by atomic mass is 10.0. The molecule has 6 rings (SSSR count). The summed E-state index contributed by atoms with van der Waals surface area (Å²) in [5.74, 6) is 0. The van der Waals surface area contributed by atoms with Crippen LogP contribution in [0.2, 0.25) is 0 Å². The van der Waals surface area contributed by atoms with E-state index in [0.717, 1.165) is 47.0 Å². The number of aryl methyl sites for hydroxylation is 5. The van der Waals surface area contributed by atoms with Crippen LogP contribution < -0.4 is 9.80 Å². The van der Waals surface area contributed by atoms with E-state index in [1.165, 1.54) is 27.8 Å². The molecule has 0 fully saturated rings. The van der Waals surface area contributed by atoms with Crippen molar-refractivity contribution < 1.29 is 0 Å². The lowest BCUT2D eigenvalue weighted by Crippen LogP contribution is -2.10. The molecule has 0 amide bonds. The van der Waals surface area contributed by atoms with E-state index in [9.17, 15) is 0 Å². The van der Waals surface area contributed by atoms with Crippen LogP contribution in [-0.4, -0.2) is 0 Å². The second-order valence-corrected chi connectivity index (χ2v) is 11.3. The third-order valence-corrected chi connectivity index (χ3v) is 7.98. The van der Waals surface area contributed by atoms with E-state index in [-0.39, 0.29) is 0 Å². The molecule has 2 nitrogen and oxygen atoms in total. The van der Waals surface area contributed by atoms with Crippen LogP contribution in [0.3, 0.4) is 0 Å². The Morgan fingerprint density at radius 2 is 0.558 bits per heavy atom. The molecule has 6 aromatic carbocycles. The van der Waals surface area contributed by atoms with E-state index < -0.39 is 0 Å². The number of para-hydroxylation sites is 1. The first-order chi connectivity index (χ1) is 21.0. The molecular weight excluding hydrogens is 520 g/mol. The highest BCUT2D eigenvalue weighted by molar-refractivity contribution is 5.77. The molecule has 0 aromatic heterocycles. The van der Waals surface area contributed by atoms with Crippen LogP contribution in [0.4, 0.5) is 34.1 Å². The summed E-state index contributed by atoms with van der Waals surface area (Å²) >= 11 is 0. The van der Waals surface area contributed by atoms with Gasteiger partial charge in [-0.25, -0.2) is 0 Å². The number of benzene rings is 6. The molecule has 6 aromatic rings. The lowest BCUT2D eigenvalue weighted by molar-refractivity contribution is 0.959. The topological polar surface area (TPSA) is 6.48 Å². The van der Waals surface area contributed by atoms with Crippen LogP contribution in [0.15, 0.2) is 152 Å². The van der Waals surface area contributed by atoms with E-state index >= 15 is 0 Å². The number of hydrogen-bond donors (Lipinski definition) is 0. The van der Waals surface area contributed by atoms with Crippen LogP contribution in [0, 0.1) is 20.8 Å². The summed E-state index contributed by atoms with van der Waals surface area (Å²) in [6.07, 6.45) is 1.99. The number of anilines is 6. The molecule has 2 heteroatoms. The van der Waals surface area contributed by atoms with Crippen LogP contribution in [-0.2, 0) is 12.8 Å². The molecular formula is C41H38N2. The molecule has 0 bridgehead atoms. The van der Waals surface area contributed by atoms with Gasteiger partial charge >= 0.3 is 0 Å². The van der Waals surface area contributed by atoms with Crippen molar-refractivity contribution >= 4 is 34.1 Å². The van der Waals surface area contributed by atoms with E-state index in [1.54, 1.807) is 0 Å². The smallest absolute Gasteiger partial charge is 0.0461 e. The molecule has 0 saturated heterocycles. The van der Waals surface area contributed by atoms with Crippen molar-refractivity contribution in [1.82, 2.24) is 0 Å². The van der Waals surface area contributed by atoms with Gasteiger partial charge in [-0.2, -0.15) is 0 Å². The Labute approximate surface area is 256 Å². The lowest BCUT2D eigenvalue weighted by Gasteiger charge is -2.26. The van der Waals surface area contributed by atoms with Gasteiger partial charge in [0.25, 0.3) is 0 Å². The zero-order chi connectivity index (χ0) is 29.6. The van der Waals surface area contributed by atoms with Gasteiger partial charge in [0, 0.05) is 34.1 Å². The fraction of sp³-hybridized carbons (Fsp3) is 0.122. The third kappa shape index (κ3) is 6.71. The maximum Gasteiger partial charge on any atom is 0.0461 e. The molecule has 0 heterocycles. The maximum absolute atomic E-state index is 2.33. The molecule has 0 unspecified atom stereocenters. The van der Waals surface area contributed by atoms with Gasteiger partial charge in [0.1, 0.15) is 0 Å². The van der Waals surface area contributed by atoms with Gasteiger partial charge in [-0.05, 0) is 118 Å². The van der Waals surface area contributed by atoms with E-state index in [0.29, 0.717) is 0 Å². The predicted molar refractivity (Wildman–Crippen MR) is 184 cm³/mol. The van der Waals surface area contributed by atoms with Crippen molar-refractivity contribution in [3.8, 4) is 0 Å². The summed E-state index contributed by atoms with van der Waals surface area (Å²) < 4.78 is 0. The summed E-state index contributed by atoms with van der Waals surface area (Å²) in [4.78, 5) is 4.64. The van der Waals surface area contributed by atoms with Crippen LogP contribution in [0.1, 0.15) is 27.8 Å². The SMILES string of the molecule is Cc1ccc(N(c2ccccc2)c2ccc(CCc3ccc(N(c4ccc(C)cc4)c4ccc(C)cc4)cc3)cc2)cc1. The Hall–Kier alpha value is -5.08. The molecule has 0 aliphatic heterocycles.